The molecule has 7 heteroatoms. The summed E-state index contributed by atoms with van der Waals surface area (Å²) < 4.78 is 9.50. The molecule has 2 aromatic rings. The van der Waals surface area contributed by atoms with Gasteiger partial charge in [0.1, 0.15) is 5.69 Å². The number of benzene rings is 1. The monoisotopic (exact) mass is 372 g/mol. The van der Waals surface area contributed by atoms with Crippen molar-refractivity contribution in [2.24, 2.45) is 0 Å². The summed E-state index contributed by atoms with van der Waals surface area (Å²) in [6.45, 7) is 4.01. The summed E-state index contributed by atoms with van der Waals surface area (Å²) in [5.41, 5.74) is 3.36. The number of H-pyrrole nitrogens is 1. The molecule has 1 amide bonds. The van der Waals surface area contributed by atoms with Gasteiger partial charge in [0.2, 0.25) is 0 Å². The highest BCUT2D eigenvalue weighted by molar-refractivity contribution is 6.00. The molecule has 144 valence electrons. The molecule has 0 aliphatic heterocycles. The Morgan fingerprint density at radius 3 is 2.22 bits per heavy atom. The van der Waals surface area contributed by atoms with E-state index in [1.54, 1.807) is 31.2 Å². The number of methoxy groups -OCH3 is 2. The van der Waals surface area contributed by atoms with Gasteiger partial charge in [0.25, 0.3) is 5.91 Å². The molecule has 1 aromatic carbocycles. The van der Waals surface area contributed by atoms with Crippen LogP contribution in [0.1, 0.15) is 61.4 Å². The fourth-order valence-electron chi connectivity index (χ4n) is 2.90. The van der Waals surface area contributed by atoms with Gasteiger partial charge in [0.15, 0.2) is 0 Å². The van der Waals surface area contributed by atoms with Crippen molar-refractivity contribution in [1.29, 1.82) is 0 Å². The molecule has 1 heterocycles. The molecule has 1 aromatic heterocycles. The van der Waals surface area contributed by atoms with Crippen molar-refractivity contribution >= 4 is 17.8 Å². The first-order valence-corrected chi connectivity index (χ1v) is 8.68. The van der Waals surface area contributed by atoms with E-state index in [1.807, 2.05) is 6.92 Å². The van der Waals surface area contributed by atoms with Crippen LogP contribution >= 0.6 is 0 Å². The summed E-state index contributed by atoms with van der Waals surface area (Å²) in [6.07, 6.45) is 1.38. The SMILES string of the molecule is CCCc1c(C(=O)NCc2ccc(C(=O)OC)cc2)[nH]c(C)c1C(=O)OC. The molecule has 0 radical (unpaired) electrons. The summed E-state index contributed by atoms with van der Waals surface area (Å²) >= 11 is 0. The highest BCUT2D eigenvalue weighted by Gasteiger charge is 2.24. The maximum atomic E-state index is 12.6. The standard InChI is InChI=1S/C20H24N2O5/c1-5-6-15-16(20(25)27-4)12(2)22-17(15)18(23)21-11-13-7-9-14(10-8-13)19(24)26-3/h7-10,22H,5-6,11H2,1-4H3,(H,21,23). The predicted octanol–water partition coefficient (Wildman–Crippen LogP) is 2.78. The van der Waals surface area contributed by atoms with Gasteiger partial charge in [-0.25, -0.2) is 9.59 Å². The number of hydrogen-bond donors (Lipinski definition) is 2. The Morgan fingerprint density at radius 2 is 1.67 bits per heavy atom. The second-order valence-corrected chi connectivity index (χ2v) is 6.09. The summed E-state index contributed by atoms with van der Waals surface area (Å²) in [4.78, 5) is 39.2. The van der Waals surface area contributed by atoms with Crippen LogP contribution in [0.15, 0.2) is 24.3 Å². The van der Waals surface area contributed by atoms with E-state index in [4.69, 9.17) is 4.74 Å². The van der Waals surface area contributed by atoms with E-state index in [2.05, 4.69) is 15.0 Å². The molecule has 0 spiro atoms. The first-order valence-electron chi connectivity index (χ1n) is 8.68. The highest BCUT2D eigenvalue weighted by atomic mass is 16.5. The molecular formula is C20H24N2O5. The van der Waals surface area contributed by atoms with E-state index in [0.717, 1.165) is 12.0 Å². The molecular weight excluding hydrogens is 348 g/mol. The molecule has 2 rings (SSSR count). The second-order valence-electron chi connectivity index (χ2n) is 6.09. The molecule has 0 fully saturated rings. The van der Waals surface area contributed by atoms with Crippen LogP contribution in [-0.2, 0) is 22.4 Å². The van der Waals surface area contributed by atoms with Crippen LogP contribution in [0, 0.1) is 6.92 Å². The first kappa shape index (κ1) is 20.2. The van der Waals surface area contributed by atoms with Crippen LogP contribution in [0.2, 0.25) is 0 Å². The van der Waals surface area contributed by atoms with Gasteiger partial charge in [-0.15, -0.1) is 0 Å². The van der Waals surface area contributed by atoms with Gasteiger partial charge in [0.05, 0.1) is 25.3 Å². The minimum atomic E-state index is -0.454. The Morgan fingerprint density at radius 1 is 1.04 bits per heavy atom. The average Bonchev–Trinajstić information content (AvgIpc) is 3.01. The number of nitrogens with one attached hydrogen (secondary N) is 2. The maximum absolute atomic E-state index is 12.6. The van der Waals surface area contributed by atoms with Crippen LogP contribution in [-0.4, -0.2) is 37.0 Å². The smallest absolute Gasteiger partial charge is 0.339 e. The zero-order valence-electron chi connectivity index (χ0n) is 16.0. The maximum Gasteiger partial charge on any atom is 0.339 e. The third-order valence-corrected chi connectivity index (χ3v) is 4.24. The number of hydrogen-bond acceptors (Lipinski definition) is 5. The molecule has 0 saturated heterocycles. The van der Waals surface area contributed by atoms with E-state index in [9.17, 15) is 14.4 Å². The molecule has 0 aliphatic carbocycles. The van der Waals surface area contributed by atoms with Crippen molar-refractivity contribution in [1.82, 2.24) is 10.3 Å². The lowest BCUT2D eigenvalue weighted by Crippen LogP contribution is -2.24. The van der Waals surface area contributed by atoms with Gasteiger partial charge >= 0.3 is 11.9 Å². The molecule has 0 unspecified atom stereocenters. The van der Waals surface area contributed by atoms with Gasteiger partial charge in [-0.1, -0.05) is 25.5 Å². The quantitative estimate of drug-likeness (QED) is 0.729. The molecule has 0 bridgehead atoms. The molecule has 2 N–H and O–H groups in total. The Balaban J connectivity index is 2.16. The zero-order chi connectivity index (χ0) is 20.0. The fourth-order valence-corrected chi connectivity index (χ4v) is 2.90. The van der Waals surface area contributed by atoms with Crippen LogP contribution in [0.5, 0.6) is 0 Å². The van der Waals surface area contributed by atoms with Crippen molar-refractivity contribution in [3.63, 3.8) is 0 Å². The van der Waals surface area contributed by atoms with E-state index in [1.165, 1.54) is 14.2 Å². The first-order chi connectivity index (χ1) is 12.9. The normalized spacial score (nSPS) is 10.4. The van der Waals surface area contributed by atoms with E-state index >= 15 is 0 Å². The van der Waals surface area contributed by atoms with Crippen LogP contribution < -0.4 is 5.32 Å². The molecule has 0 atom stereocenters. The molecule has 0 saturated carbocycles. The van der Waals surface area contributed by atoms with E-state index < -0.39 is 11.9 Å². The number of aromatic amines is 1. The van der Waals surface area contributed by atoms with Gasteiger partial charge in [-0.2, -0.15) is 0 Å². The van der Waals surface area contributed by atoms with Gasteiger partial charge in [-0.3, -0.25) is 4.79 Å². The number of amides is 1. The molecule has 7 nitrogen and oxygen atoms in total. The Hall–Kier alpha value is -3.09. The summed E-state index contributed by atoms with van der Waals surface area (Å²) in [5.74, 6) is -1.16. The Labute approximate surface area is 158 Å². The largest absolute Gasteiger partial charge is 0.465 e. The van der Waals surface area contributed by atoms with Crippen molar-refractivity contribution in [3.05, 3.63) is 57.9 Å². The molecule has 27 heavy (non-hydrogen) atoms. The number of aryl methyl sites for hydroxylation is 1. The number of carbonyl (C=O) groups is 3. The lowest BCUT2D eigenvalue weighted by atomic mass is 10.0. The minimum absolute atomic E-state index is 0.289. The third kappa shape index (κ3) is 4.55. The van der Waals surface area contributed by atoms with Crippen LogP contribution in [0.3, 0.4) is 0 Å². The zero-order valence-corrected chi connectivity index (χ0v) is 16.0. The topological polar surface area (TPSA) is 97.5 Å². The lowest BCUT2D eigenvalue weighted by molar-refractivity contribution is 0.0590. The minimum Gasteiger partial charge on any atom is -0.465 e. The predicted molar refractivity (Wildman–Crippen MR) is 99.8 cm³/mol. The van der Waals surface area contributed by atoms with Gasteiger partial charge in [-0.05, 0) is 36.6 Å². The fraction of sp³-hybridized carbons (Fsp3) is 0.350. The van der Waals surface area contributed by atoms with Crippen LogP contribution in [0.25, 0.3) is 0 Å². The van der Waals surface area contributed by atoms with E-state index in [-0.39, 0.29) is 12.5 Å². The number of esters is 2. The number of carbonyl (C=O) groups excluding carboxylic acids is 3. The van der Waals surface area contributed by atoms with Gasteiger partial charge < -0.3 is 19.8 Å². The average molecular weight is 372 g/mol. The lowest BCUT2D eigenvalue weighted by Gasteiger charge is -2.08. The Bertz CT molecular complexity index is 837. The van der Waals surface area contributed by atoms with Crippen molar-refractivity contribution in [2.75, 3.05) is 14.2 Å². The third-order valence-electron chi connectivity index (χ3n) is 4.24. The van der Waals surface area contributed by atoms with Crippen molar-refractivity contribution < 1.29 is 23.9 Å². The summed E-state index contributed by atoms with van der Waals surface area (Å²) in [5, 5.41) is 2.84. The summed E-state index contributed by atoms with van der Waals surface area (Å²) in [6, 6.07) is 6.78. The van der Waals surface area contributed by atoms with Crippen molar-refractivity contribution in [2.45, 2.75) is 33.2 Å². The number of ether oxygens (including phenoxy) is 2. The second kappa shape index (κ2) is 9.02. The van der Waals surface area contributed by atoms with Crippen molar-refractivity contribution in [3.8, 4) is 0 Å². The van der Waals surface area contributed by atoms with Crippen LogP contribution in [0.4, 0.5) is 0 Å². The number of rotatable bonds is 7. The van der Waals surface area contributed by atoms with E-state index in [0.29, 0.717) is 34.5 Å². The summed E-state index contributed by atoms with van der Waals surface area (Å²) in [7, 11) is 2.65. The molecule has 0 aliphatic rings. The number of aromatic nitrogens is 1. The van der Waals surface area contributed by atoms with Gasteiger partial charge in [0, 0.05) is 12.2 Å². The highest BCUT2D eigenvalue weighted by Crippen LogP contribution is 2.22. The Kier molecular flexibility index (Phi) is 6.76.